The van der Waals surface area contributed by atoms with E-state index in [1.54, 1.807) is 7.11 Å². The zero-order chi connectivity index (χ0) is 14.5. The van der Waals surface area contributed by atoms with Crippen LogP contribution in [0.3, 0.4) is 0 Å². The second kappa shape index (κ2) is 6.57. The minimum absolute atomic E-state index is 0.0594. The molecule has 0 saturated carbocycles. The second-order valence-electron chi connectivity index (χ2n) is 4.90. The highest BCUT2D eigenvalue weighted by Crippen LogP contribution is 2.18. The maximum atomic E-state index is 6.29. The Labute approximate surface area is 120 Å². The molecule has 1 atom stereocenters. The van der Waals surface area contributed by atoms with Crippen LogP contribution in [0, 0.1) is 0 Å². The van der Waals surface area contributed by atoms with E-state index in [0.29, 0.717) is 6.54 Å². The van der Waals surface area contributed by atoms with Crippen molar-refractivity contribution in [2.24, 2.45) is 5.73 Å². The van der Waals surface area contributed by atoms with Gasteiger partial charge in [0.1, 0.15) is 5.75 Å². The fourth-order valence-electron chi connectivity index (χ4n) is 2.27. The largest absolute Gasteiger partial charge is 0.497 e. The predicted molar refractivity (Wildman–Crippen MR) is 80.9 cm³/mol. The van der Waals surface area contributed by atoms with Crippen molar-refractivity contribution in [3.05, 3.63) is 47.3 Å². The van der Waals surface area contributed by atoms with Crippen LogP contribution in [-0.2, 0) is 19.4 Å². The van der Waals surface area contributed by atoms with Crippen molar-refractivity contribution in [2.45, 2.75) is 39.3 Å². The van der Waals surface area contributed by atoms with Gasteiger partial charge in [0.25, 0.3) is 0 Å². The quantitative estimate of drug-likeness (QED) is 0.880. The van der Waals surface area contributed by atoms with Gasteiger partial charge in [0, 0.05) is 11.7 Å². The molecule has 0 amide bonds. The van der Waals surface area contributed by atoms with Gasteiger partial charge in [-0.25, -0.2) is 0 Å². The molecule has 0 aliphatic heterocycles. The predicted octanol–water partition coefficient (Wildman–Crippen LogP) is 2.72. The van der Waals surface area contributed by atoms with E-state index in [9.17, 15) is 0 Å². The first-order chi connectivity index (χ1) is 9.67. The first-order valence-corrected chi connectivity index (χ1v) is 7.13. The number of nitrogens with zero attached hydrogens (tertiary/aromatic N) is 2. The fraction of sp³-hybridized carbons (Fsp3) is 0.438. The number of nitrogens with two attached hydrogens (primary N) is 1. The van der Waals surface area contributed by atoms with Gasteiger partial charge in [-0.3, -0.25) is 4.68 Å². The van der Waals surface area contributed by atoms with E-state index in [-0.39, 0.29) is 6.04 Å². The summed E-state index contributed by atoms with van der Waals surface area (Å²) in [6.07, 6.45) is 1.93. The van der Waals surface area contributed by atoms with Crippen molar-refractivity contribution in [3.8, 4) is 5.75 Å². The molecule has 0 aliphatic carbocycles. The van der Waals surface area contributed by atoms with Crippen LogP contribution in [-0.4, -0.2) is 16.9 Å². The third-order valence-corrected chi connectivity index (χ3v) is 3.55. The highest BCUT2D eigenvalue weighted by atomic mass is 16.5. The Morgan fingerprint density at radius 1 is 1.20 bits per heavy atom. The maximum absolute atomic E-state index is 6.29. The third kappa shape index (κ3) is 3.20. The van der Waals surface area contributed by atoms with Crippen molar-refractivity contribution in [3.63, 3.8) is 0 Å². The number of ether oxygens (including phenoxy) is 1. The van der Waals surface area contributed by atoms with Crippen molar-refractivity contribution in [2.75, 3.05) is 7.11 Å². The fourth-order valence-corrected chi connectivity index (χ4v) is 2.27. The summed E-state index contributed by atoms with van der Waals surface area (Å²) in [7, 11) is 1.67. The summed E-state index contributed by atoms with van der Waals surface area (Å²) in [6.45, 7) is 4.97. The van der Waals surface area contributed by atoms with Crippen molar-refractivity contribution in [1.82, 2.24) is 9.78 Å². The molecule has 0 aliphatic rings. The summed E-state index contributed by atoms with van der Waals surface area (Å²) in [6, 6.07) is 10.0. The van der Waals surface area contributed by atoms with Crippen LogP contribution in [0.2, 0.25) is 0 Å². The highest BCUT2D eigenvalue weighted by Gasteiger charge is 2.11. The zero-order valence-electron chi connectivity index (χ0n) is 12.5. The monoisotopic (exact) mass is 273 g/mol. The number of rotatable bonds is 6. The van der Waals surface area contributed by atoms with E-state index in [1.807, 2.05) is 28.9 Å². The average Bonchev–Trinajstić information content (AvgIpc) is 2.89. The molecule has 0 radical (unpaired) electrons. The van der Waals surface area contributed by atoms with E-state index >= 15 is 0 Å². The molecule has 4 heteroatoms. The highest BCUT2D eigenvalue weighted by molar-refractivity contribution is 5.29. The van der Waals surface area contributed by atoms with Crippen LogP contribution in [0.25, 0.3) is 0 Å². The van der Waals surface area contributed by atoms with Crippen molar-refractivity contribution < 1.29 is 4.74 Å². The summed E-state index contributed by atoms with van der Waals surface area (Å²) in [5.41, 5.74) is 9.76. The summed E-state index contributed by atoms with van der Waals surface area (Å²) in [5, 5.41) is 4.61. The lowest BCUT2D eigenvalue weighted by atomic mass is 10.1. The lowest BCUT2D eigenvalue weighted by Gasteiger charge is -2.14. The summed E-state index contributed by atoms with van der Waals surface area (Å²) in [4.78, 5) is 0. The molecule has 108 valence electrons. The number of aromatic nitrogens is 2. The molecule has 1 unspecified atom stereocenters. The molecule has 1 aromatic heterocycles. The van der Waals surface area contributed by atoms with Gasteiger partial charge in [0.2, 0.25) is 0 Å². The molecular weight excluding hydrogens is 250 g/mol. The second-order valence-corrected chi connectivity index (χ2v) is 4.90. The molecule has 20 heavy (non-hydrogen) atoms. The van der Waals surface area contributed by atoms with E-state index in [0.717, 1.165) is 29.8 Å². The van der Waals surface area contributed by atoms with Gasteiger partial charge < -0.3 is 10.5 Å². The van der Waals surface area contributed by atoms with Gasteiger partial charge >= 0.3 is 0 Å². The number of hydrogen-bond acceptors (Lipinski definition) is 3. The van der Waals surface area contributed by atoms with Crippen molar-refractivity contribution >= 4 is 0 Å². The SMILES string of the molecule is CCc1cc(CC)n(CC(N)c2ccc(OC)cc2)n1. The Hall–Kier alpha value is -1.81. The zero-order valence-corrected chi connectivity index (χ0v) is 12.5. The normalized spacial score (nSPS) is 12.4. The number of benzene rings is 1. The molecule has 2 rings (SSSR count). The molecule has 4 nitrogen and oxygen atoms in total. The molecule has 2 N–H and O–H groups in total. The smallest absolute Gasteiger partial charge is 0.118 e. The first kappa shape index (κ1) is 14.6. The Bertz CT molecular complexity index is 545. The standard InChI is InChI=1S/C16H23N3O/c1-4-13-10-14(5-2)19(18-13)11-16(17)12-6-8-15(20-3)9-7-12/h6-10,16H,4-5,11,17H2,1-3H3. The Kier molecular flexibility index (Phi) is 4.79. The topological polar surface area (TPSA) is 53.1 Å². The lowest BCUT2D eigenvalue weighted by molar-refractivity contribution is 0.414. The van der Waals surface area contributed by atoms with E-state index in [1.165, 1.54) is 5.69 Å². The molecular formula is C16H23N3O. The van der Waals surface area contributed by atoms with Crippen LogP contribution in [0.5, 0.6) is 5.75 Å². The molecule has 0 bridgehead atoms. The summed E-state index contributed by atoms with van der Waals surface area (Å²) < 4.78 is 7.20. The van der Waals surface area contributed by atoms with E-state index < -0.39 is 0 Å². The van der Waals surface area contributed by atoms with Gasteiger partial charge in [-0.05, 0) is 36.6 Å². The molecule has 2 aromatic rings. The van der Waals surface area contributed by atoms with Crippen LogP contribution in [0.4, 0.5) is 0 Å². The minimum Gasteiger partial charge on any atom is -0.497 e. The third-order valence-electron chi connectivity index (χ3n) is 3.55. The average molecular weight is 273 g/mol. The van der Waals surface area contributed by atoms with Gasteiger partial charge in [-0.15, -0.1) is 0 Å². The van der Waals surface area contributed by atoms with Gasteiger partial charge in [0.15, 0.2) is 0 Å². The summed E-state index contributed by atoms with van der Waals surface area (Å²) in [5.74, 6) is 0.850. The van der Waals surface area contributed by atoms with Gasteiger partial charge in [0.05, 0.1) is 19.3 Å². The molecule has 1 heterocycles. The number of aryl methyl sites for hydroxylation is 2. The van der Waals surface area contributed by atoms with Crippen LogP contribution < -0.4 is 10.5 Å². The molecule has 0 saturated heterocycles. The van der Waals surface area contributed by atoms with Crippen LogP contribution >= 0.6 is 0 Å². The Morgan fingerprint density at radius 3 is 2.45 bits per heavy atom. The van der Waals surface area contributed by atoms with Crippen molar-refractivity contribution in [1.29, 1.82) is 0 Å². The maximum Gasteiger partial charge on any atom is 0.118 e. The number of methoxy groups -OCH3 is 1. The molecule has 0 fully saturated rings. The van der Waals surface area contributed by atoms with Crippen LogP contribution in [0.15, 0.2) is 30.3 Å². The van der Waals surface area contributed by atoms with Gasteiger partial charge in [-0.1, -0.05) is 26.0 Å². The van der Waals surface area contributed by atoms with Crippen LogP contribution in [0.1, 0.15) is 36.8 Å². The summed E-state index contributed by atoms with van der Waals surface area (Å²) >= 11 is 0. The Morgan fingerprint density at radius 2 is 1.90 bits per heavy atom. The Balaban J connectivity index is 2.13. The first-order valence-electron chi connectivity index (χ1n) is 7.13. The van der Waals surface area contributed by atoms with E-state index in [4.69, 9.17) is 10.5 Å². The van der Waals surface area contributed by atoms with E-state index in [2.05, 4.69) is 25.0 Å². The lowest BCUT2D eigenvalue weighted by Crippen LogP contribution is -2.19. The van der Waals surface area contributed by atoms with Gasteiger partial charge in [-0.2, -0.15) is 5.10 Å². The minimum atomic E-state index is -0.0594. The molecule has 0 spiro atoms. The number of hydrogen-bond donors (Lipinski definition) is 1. The molecule has 1 aromatic carbocycles.